The summed E-state index contributed by atoms with van der Waals surface area (Å²) in [6.07, 6.45) is 3.59. The smallest absolute Gasteiger partial charge is 0.264 e. The van der Waals surface area contributed by atoms with E-state index >= 15 is 0 Å². The third-order valence-corrected chi connectivity index (χ3v) is 7.85. The highest BCUT2D eigenvalue weighted by Gasteiger charge is 2.23. The first-order valence-electron chi connectivity index (χ1n) is 11.9. The number of aliphatic imine (C=N–C) groups is 1. The first kappa shape index (κ1) is 26.6. The molecule has 0 saturated carbocycles. The SMILES string of the molecule is C=Nc1c(/C=C\C)cccc1S(=O)(=O)Nc1ccc(C(=O)N2CCN(Cc3ccc(Cl)cc3)CC2)cc1. The molecular weight excluding hydrogens is 508 g/mol. The Morgan fingerprint density at radius 3 is 2.32 bits per heavy atom. The molecule has 0 bridgehead atoms. The van der Waals surface area contributed by atoms with Crippen molar-refractivity contribution in [1.82, 2.24) is 9.80 Å². The van der Waals surface area contributed by atoms with Gasteiger partial charge in [-0.25, -0.2) is 8.42 Å². The Kier molecular flexibility index (Phi) is 8.43. The molecule has 1 fully saturated rings. The number of para-hydroxylation sites is 1. The zero-order chi connectivity index (χ0) is 26.4. The van der Waals surface area contributed by atoms with Gasteiger partial charge in [-0.3, -0.25) is 19.4 Å². The maximum atomic E-state index is 13.1. The molecule has 0 radical (unpaired) electrons. The van der Waals surface area contributed by atoms with Gasteiger partial charge in [0.25, 0.3) is 15.9 Å². The van der Waals surface area contributed by atoms with Crippen molar-refractivity contribution >= 4 is 51.7 Å². The van der Waals surface area contributed by atoms with E-state index in [1.54, 1.807) is 42.5 Å². The number of rotatable bonds is 8. The number of piperazine rings is 1. The van der Waals surface area contributed by atoms with E-state index in [0.717, 1.165) is 24.7 Å². The summed E-state index contributed by atoms with van der Waals surface area (Å²) in [5.41, 5.74) is 3.00. The summed E-state index contributed by atoms with van der Waals surface area (Å²) < 4.78 is 28.7. The lowest BCUT2D eigenvalue weighted by Crippen LogP contribution is -2.48. The lowest BCUT2D eigenvalue weighted by molar-refractivity contribution is 0.0628. The van der Waals surface area contributed by atoms with Gasteiger partial charge in [0, 0.05) is 54.6 Å². The van der Waals surface area contributed by atoms with Gasteiger partial charge in [0.1, 0.15) is 4.90 Å². The van der Waals surface area contributed by atoms with Crippen LogP contribution in [0.2, 0.25) is 5.02 Å². The van der Waals surface area contributed by atoms with Crippen LogP contribution in [0.1, 0.15) is 28.4 Å². The zero-order valence-corrected chi connectivity index (χ0v) is 22.2. The second-order valence-corrected chi connectivity index (χ2v) is 10.8. The van der Waals surface area contributed by atoms with Crippen molar-refractivity contribution in [1.29, 1.82) is 0 Å². The Labute approximate surface area is 223 Å². The predicted octanol–water partition coefficient (Wildman–Crippen LogP) is 5.46. The maximum Gasteiger partial charge on any atom is 0.264 e. The zero-order valence-electron chi connectivity index (χ0n) is 20.6. The molecule has 0 aliphatic carbocycles. The van der Waals surface area contributed by atoms with Crippen LogP contribution in [0.3, 0.4) is 0 Å². The lowest BCUT2D eigenvalue weighted by Gasteiger charge is -2.34. The van der Waals surface area contributed by atoms with Gasteiger partial charge in [0.2, 0.25) is 0 Å². The van der Waals surface area contributed by atoms with Crippen molar-refractivity contribution in [2.45, 2.75) is 18.4 Å². The molecule has 0 spiro atoms. The number of nitrogens with one attached hydrogen (secondary N) is 1. The van der Waals surface area contributed by atoms with Crippen LogP contribution in [0, 0.1) is 0 Å². The van der Waals surface area contributed by atoms with Crippen LogP contribution in [-0.2, 0) is 16.6 Å². The molecule has 1 aliphatic rings. The minimum Gasteiger partial charge on any atom is -0.336 e. The monoisotopic (exact) mass is 536 g/mol. The van der Waals surface area contributed by atoms with Gasteiger partial charge in [0.05, 0.1) is 5.69 Å². The number of hydrogen-bond acceptors (Lipinski definition) is 5. The number of halogens is 1. The van der Waals surface area contributed by atoms with Crippen LogP contribution in [0.15, 0.2) is 82.7 Å². The average Bonchev–Trinajstić information content (AvgIpc) is 2.90. The summed E-state index contributed by atoms with van der Waals surface area (Å²) in [6.45, 7) is 8.99. The van der Waals surface area contributed by atoms with Crippen molar-refractivity contribution in [3.8, 4) is 0 Å². The van der Waals surface area contributed by atoms with Crippen LogP contribution in [0.4, 0.5) is 11.4 Å². The summed E-state index contributed by atoms with van der Waals surface area (Å²) in [5, 5.41) is 0.718. The normalized spacial score (nSPS) is 14.6. The van der Waals surface area contributed by atoms with Gasteiger partial charge in [-0.2, -0.15) is 0 Å². The Bertz CT molecular complexity index is 1400. The molecule has 0 unspecified atom stereocenters. The number of hydrogen-bond donors (Lipinski definition) is 1. The summed E-state index contributed by atoms with van der Waals surface area (Å²) in [5.74, 6) is -0.0715. The number of sulfonamides is 1. The van der Waals surface area contributed by atoms with E-state index in [1.807, 2.05) is 42.2 Å². The van der Waals surface area contributed by atoms with Gasteiger partial charge in [-0.1, -0.05) is 48.0 Å². The number of carbonyl (C=O) groups is 1. The summed E-state index contributed by atoms with van der Waals surface area (Å²) >= 11 is 5.96. The molecule has 1 amide bonds. The second kappa shape index (κ2) is 11.7. The van der Waals surface area contributed by atoms with Crippen LogP contribution < -0.4 is 4.72 Å². The lowest BCUT2D eigenvalue weighted by atomic mass is 10.1. The first-order chi connectivity index (χ1) is 17.8. The Morgan fingerprint density at radius 2 is 1.70 bits per heavy atom. The van der Waals surface area contributed by atoms with E-state index in [-0.39, 0.29) is 16.5 Å². The number of nitrogens with zero attached hydrogens (tertiary/aromatic N) is 3. The highest BCUT2D eigenvalue weighted by atomic mass is 35.5. The molecule has 1 aliphatic heterocycles. The summed E-state index contributed by atoms with van der Waals surface area (Å²) in [6, 6.07) is 19.2. The number of carbonyl (C=O) groups excluding carboxylic acids is 1. The Balaban J connectivity index is 1.38. The third-order valence-electron chi connectivity index (χ3n) is 6.19. The number of anilines is 1. The van der Waals surface area contributed by atoms with Gasteiger partial charge < -0.3 is 4.90 Å². The van der Waals surface area contributed by atoms with Crippen LogP contribution in [0.25, 0.3) is 6.08 Å². The van der Waals surface area contributed by atoms with E-state index < -0.39 is 10.0 Å². The molecule has 1 heterocycles. The molecule has 4 rings (SSSR count). The molecule has 0 aromatic heterocycles. The molecule has 1 N–H and O–H groups in total. The van der Waals surface area contributed by atoms with Crippen molar-refractivity contribution in [3.05, 3.63) is 94.5 Å². The minimum atomic E-state index is -3.91. The fourth-order valence-electron chi connectivity index (χ4n) is 4.27. The van der Waals surface area contributed by atoms with E-state index in [1.165, 1.54) is 11.6 Å². The van der Waals surface area contributed by atoms with Crippen LogP contribution in [0.5, 0.6) is 0 Å². The molecule has 37 heavy (non-hydrogen) atoms. The van der Waals surface area contributed by atoms with E-state index in [0.29, 0.717) is 29.9 Å². The Morgan fingerprint density at radius 1 is 1.03 bits per heavy atom. The van der Waals surface area contributed by atoms with Crippen molar-refractivity contribution in [2.75, 3.05) is 30.9 Å². The average molecular weight is 537 g/mol. The topological polar surface area (TPSA) is 82.1 Å². The maximum absolute atomic E-state index is 13.1. The predicted molar refractivity (Wildman–Crippen MR) is 150 cm³/mol. The first-order valence-corrected chi connectivity index (χ1v) is 13.8. The molecule has 3 aromatic rings. The largest absolute Gasteiger partial charge is 0.336 e. The second-order valence-electron chi connectivity index (χ2n) is 8.73. The molecule has 192 valence electrons. The molecule has 9 heteroatoms. The Hall–Kier alpha value is -3.46. The quantitative estimate of drug-likeness (QED) is 0.387. The van der Waals surface area contributed by atoms with Gasteiger partial charge >= 0.3 is 0 Å². The number of allylic oxidation sites excluding steroid dienone is 1. The van der Waals surface area contributed by atoms with Gasteiger partial charge in [-0.15, -0.1) is 0 Å². The van der Waals surface area contributed by atoms with E-state index in [2.05, 4.69) is 21.3 Å². The highest BCUT2D eigenvalue weighted by molar-refractivity contribution is 7.92. The summed E-state index contributed by atoms with van der Waals surface area (Å²) in [4.78, 5) is 21.1. The molecule has 0 atom stereocenters. The van der Waals surface area contributed by atoms with Crippen molar-refractivity contribution in [2.24, 2.45) is 4.99 Å². The van der Waals surface area contributed by atoms with Crippen molar-refractivity contribution < 1.29 is 13.2 Å². The molecule has 3 aromatic carbocycles. The number of benzene rings is 3. The molecular formula is C28H29ClN4O3S. The minimum absolute atomic E-state index is 0.0368. The molecule has 7 nitrogen and oxygen atoms in total. The van der Waals surface area contributed by atoms with Crippen molar-refractivity contribution in [3.63, 3.8) is 0 Å². The van der Waals surface area contributed by atoms with E-state index in [4.69, 9.17) is 11.6 Å². The van der Waals surface area contributed by atoms with Crippen LogP contribution in [-0.4, -0.2) is 57.0 Å². The fraction of sp³-hybridized carbons (Fsp3) is 0.214. The third kappa shape index (κ3) is 6.46. The number of amides is 1. The standard InChI is InChI=1S/C28H29ClN4O3S/c1-3-5-22-6-4-7-26(27(22)30-2)37(35,36)31-25-14-10-23(11-15-25)28(34)33-18-16-32(17-19-33)20-21-8-12-24(29)13-9-21/h3-15,31H,2,16-20H2,1H3/b5-3-. The van der Waals surface area contributed by atoms with E-state index in [9.17, 15) is 13.2 Å². The van der Waals surface area contributed by atoms with Gasteiger partial charge in [0.15, 0.2) is 0 Å². The summed E-state index contributed by atoms with van der Waals surface area (Å²) in [7, 11) is -3.91. The van der Waals surface area contributed by atoms with Crippen LogP contribution >= 0.6 is 11.6 Å². The molecule has 1 saturated heterocycles. The fourth-order valence-corrected chi connectivity index (χ4v) is 5.65. The highest BCUT2D eigenvalue weighted by Crippen LogP contribution is 2.30. The van der Waals surface area contributed by atoms with Gasteiger partial charge in [-0.05, 0) is 61.7 Å².